The first kappa shape index (κ1) is 11.9. The van der Waals surface area contributed by atoms with E-state index in [1.54, 1.807) is 6.08 Å². The van der Waals surface area contributed by atoms with Gasteiger partial charge < -0.3 is 9.84 Å². The van der Waals surface area contributed by atoms with Crippen molar-refractivity contribution in [1.82, 2.24) is 0 Å². The predicted molar refractivity (Wildman–Crippen MR) is 64.2 cm³/mol. The van der Waals surface area contributed by atoms with Gasteiger partial charge in [0.05, 0.1) is 12.5 Å². The molecule has 1 atom stereocenters. The van der Waals surface area contributed by atoms with Crippen LogP contribution in [0.1, 0.15) is 24.8 Å². The van der Waals surface area contributed by atoms with Crippen molar-refractivity contribution in [3.8, 4) is 0 Å². The highest BCUT2D eigenvalue weighted by Gasteiger charge is 2.16. The van der Waals surface area contributed by atoms with Crippen LogP contribution < -0.4 is 0 Å². The maximum absolute atomic E-state index is 11.5. The summed E-state index contributed by atoms with van der Waals surface area (Å²) in [6.45, 7) is 0.315. The van der Waals surface area contributed by atoms with Crippen LogP contribution in [0.15, 0.2) is 42.0 Å². The van der Waals surface area contributed by atoms with E-state index in [4.69, 9.17) is 4.74 Å². The minimum atomic E-state index is -0.382. The third-order valence-corrected chi connectivity index (χ3v) is 2.80. The summed E-state index contributed by atoms with van der Waals surface area (Å²) in [5.74, 6) is -0.228. The van der Waals surface area contributed by atoms with Crippen LogP contribution in [-0.4, -0.2) is 17.2 Å². The Morgan fingerprint density at radius 1 is 1.35 bits per heavy atom. The Hall–Kier alpha value is -1.61. The molecule has 0 unspecified atom stereocenters. The van der Waals surface area contributed by atoms with E-state index in [9.17, 15) is 9.90 Å². The summed E-state index contributed by atoms with van der Waals surface area (Å²) in [6.07, 6.45) is 3.18. The van der Waals surface area contributed by atoms with E-state index in [0.717, 1.165) is 24.0 Å². The van der Waals surface area contributed by atoms with Gasteiger partial charge in [0.2, 0.25) is 0 Å². The smallest absolute Gasteiger partial charge is 0.310 e. The van der Waals surface area contributed by atoms with E-state index >= 15 is 0 Å². The molecule has 1 aliphatic carbocycles. The highest BCUT2D eigenvalue weighted by molar-refractivity contribution is 5.72. The van der Waals surface area contributed by atoms with Crippen LogP contribution in [0.5, 0.6) is 0 Å². The number of aliphatic hydroxyl groups is 1. The van der Waals surface area contributed by atoms with Gasteiger partial charge >= 0.3 is 5.97 Å². The van der Waals surface area contributed by atoms with Gasteiger partial charge in [0.1, 0.15) is 6.61 Å². The third-order valence-electron chi connectivity index (χ3n) is 2.80. The Morgan fingerprint density at radius 2 is 2.12 bits per heavy atom. The van der Waals surface area contributed by atoms with Gasteiger partial charge in [-0.1, -0.05) is 42.0 Å². The molecule has 3 nitrogen and oxygen atoms in total. The summed E-state index contributed by atoms with van der Waals surface area (Å²) in [7, 11) is 0. The van der Waals surface area contributed by atoms with Crippen LogP contribution in [-0.2, 0) is 16.1 Å². The lowest BCUT2D eigenvalue weighted by Crippen LogP contribution is -2.05. The summed E-state index contributed by atoms with van der Waals surface area (Å²) in [4.78, 5) is 11.5. The Balaban J connectivity index is 1.77. The number of esters is 1. The molecule has 17 heavy (non-hydrogen) atoms. The van der Waals surface area contributed by atoms with Gasteiger partial charge in [0, 0.05) is 0 Å². The minimum absolute atomic E-state index is 0.228. The molecule has 1 aliphatic rings. The average molecular weight is 232 g/mol. The molecule has 1 aromatic rings. The predicted octanol–water partition coefficient (Wildman–Crippen LogP) is 2.20. The van der Waals surface area contributed by atoms with Crippen molar-refractivity contribution in [1.29, 1.82) is 0 Å². The van der Waals surface area contributed by atoms with Gasteiger partial charge in [0.15, 0.2) is 0 Å². The first-order valence-electron chi connectivity index (χ1n) is 5.81. The van der Waals surface area contributed by atoms with E-state index in [0.29, 0.717) is 13.0 Å². The van der Waals surface area contributed by atoms with Crippen molar-refractivity contribution < 1.29 is 14.6 Å². The van der Waals surface area contributed by atoms with Gasteiger partial charge in [0.25, 0.3) is 0 Å². The lowest BCUT2D eigenvalue weighted by molar-refractivity contribution is -0.144. The molecule has 0 fully saturated rings. The van der Waals surface area contributed by atoms with E-state index in [2.05, 4.69) is 0 Å². The molecule has 0 aromatic heterocycles. The van der Waals surface area contributed by atoms with Crippen molar-refractivity contribution in [3.63, 3.8) is 0 Å². The van der Waals surface area contributed by atoms with E-state index in [1.165, 1.54) is 0 Å². The van der Waals surface area contributed by atoms with Crippen molar-refractivity contribution in [2.45, 2.75) is 32.0 Å². The summed E-state index contributed by atoms with van der Waals surface area (Å²) in [5.41, 5.74) is 1.97. The third kappa shape index (κ3) is 3.71. The molecule has 2 rings (SSSR count). The van der Waals surface area contributed by atoms with Crippen LogP contribution >= 0.6 is 0 Å². The monoisotopic (exact) mass is 232 g/mol. The van der Waals surface area contributed by atoms with Crippen LogP contribution in [0.2, 0.25) is 0 Å². The van der Waals surface area contributed by atoms with Gasteiger partial charge in [-0.25, -0.2) is 0 Å². The molecule has 0 spiro atoms. The fourth-order valence-electron chi connectivity index (χ4n) is 1.89. The highest BCUT2D eigenvalue weighted by Crippen LogP contribution is 2.21. The zero-order valence-corrected chi connectivity index (χ0v) is 9.63. The van der Waals surface area contributed by atoms with E-state index in [1.807, 2.05) is 30.3 Å². The number of benzene rings is 1. The van der Waals surface area contributed by atoms with Crippen molar-refractivity contribution >= 4 is 5.97 Å². The van der Waals surface area contributed by atoms with Crippen LogP contribution in [0.3, 0.4) is 0 Å². The largest absolute Gasteiger partial charge is 0.461 e. The number of rotatable bonds is 4. The molecule has 1 aromatic carbocycles. The lowest BCUT2D eigenvalue weighted by Gasteiger charge is -2.05. The standard InChI is InChI=1S/C14H16O3/c15-13-7-6-12(8-13)9-14(16)17-10-11-4-2-1-3-5-11/h1-5,8,13,15H,6-7,9-10H2/t13-/m0/s1. The summed E-state index contributed by atoms with van der Waals surface area (Å²) in [5, 5.41) is 9.29. The number of hydrogen-bond acceptors (Lipinski definition) is 3. The Kier molecular flexibility index (Phi) is 3.94. The fourth-order valence-corrected chi connectivity index (χ4v) is 1.89. The maximum atomic E-state index is 11.5. The summed E-state index contributed by atoms with van der Waals surface area (Å²) in [6, 6.07) is 9.60. The quantitative estimate of drug-likeness (QED) is 0.639. The van der Waals surface area contributed by atoms with Crippen LogP contribution in [0.4, 0.5) is 0 Å². The number of aliphatic hydroxyl groups excluding tert-OH is 1. The Bertz CT molecular complexity index is 409. The number of carbonyl (C=O) groups is 1. The Morgan fingerprint density at radius 3 is 2.76 bits per heavy atom. The maximum Gasteiger partial charge on any atom is 0.310 e. The average Bonchev–Trinajstić information content (AvgIpc) is 2.73. The van der Waals surface area contributed by atoms with Gasteiger partial charge in [-0.3, -0.25) is 4.79 Å². The Labute approximate surface area is 101 Å². The first-order chi connectivity index (χ1) is 8.24. The number of carbonyl (C=O) groups excluding carboxylic acids is 1. The topological polar surface area (TPSA) is 46.5 Å². The lowest BCUT2D eigenvalue weighted by atomic mass is 10.2. The van der Waals surface area contributed by atoms with Crippen LogP contribution in [0.25, 0.3) is 0 Å². The molecule has 0 bridgehead atoms. The SMILES string of the molecule is O=C(CC1=C[C@@H](O)CC1)OCc1ccccc1. The van der Waals surface area contributed by atoms with Gasteiger partial charge in [-0.2, -0.15) is 0 Å². The van der Waals surface area contributed by atoms with Gasteiger partial charge in [-0.15, -0.1) is 0 Å². The molecule has 0 saturated carbocycles. The molecule has 1 N–H and O–H groups in total. The minimum Gasteiger partial charge on any atom is -0.461 e. The van der Waals surface area contributed by atoms with Crippen molar-refractivity contribution in [3.05, 3.63) is 47.5 Å². The fraction of sp³-hybridized carbons (Fsp3) is 0.357. The van der Waals surface area contributed by atoms with Crippen molar-refractivity contribution in [2.75, 3.05) is 0 Å². The molecule has 0 saturated heterocycles. The normalized spacial score (nSPS) is 18.9. The van der Waals surface area contributed by atoms with Crippen LogP contribution in [0, 0.1) is 0 Å². The molecule has 0 radical (unpaired) electrons. The number of ether oxygens (including phenoxy) is 1. The second-order valence-electron chi connectivity index (χ2n) is 4.25. The molecule has 0 heterocycles. The molecule has 3 heteroatoms. The van der Waals surface area contributed by atoms with Gasteiger partial charge in [-0.05, 0) is 18.4 Å². The first-order valence-corrected chi connectivity index (χ1v) is 5.81. The molecule has 0 aliphatic heterocycles. The second-order valence-corrected chi connectivity index (χ2v) is 4.25. The molecular weight excluding hydrogens is 216 g/mol. The highest BCUT2D eigenvalue weighted by atomic mass is 16.5. The number of hydrogen-bond donors (Lipinski definition) is 1. The molecule has 0 amide bonds. The zero-order chi connectivity index (χ0) is 12.1. The molecule has 90 valence electrons. The zero-order valence-electron chi connectivity index (χ0n) is 9.63. The second kappa shape index (κ2) is 5.64. The van der Waals surface area contributed by atoms with E-state index in [-0.39, 0.29) is 12.1 Å². The molecular formula is C14H16O3. The van der Waals surface area contributed by atoms with E-state index < -0.39 is 0 Å². The van der Waals surface area contributed by atoms with Crippen molar-refractivity contribution in [2.24, 2.45) is 0 Å². The summed E-state index contributed by atoms with van der Waals surface area (Å²) < 4.78 is 5.16. The summed E-state index contributed by atoms with van der Waals surface area (Å²) >= 11 is 0.